The molecule has 1 heterocycles. The van der Waals surface area contributed by atoms with Gasteiger partial charge in [-0.15, -0.1) is 0 Å². The van der Waals surface area contributed by atoms with Gasteiger partial charge in [0.15, 0.2) is 0 Å². The molecule has 0 saturated carbocycles. The van der Waals surface area contributed by atoms with Crippen LogP contribution in [0.3, 0.4) is 0 Å². The van der Waals surface area contributed by atoms with Gasteiger partial charge in [0, 0.05) is 5.39 Å². The van der Waals surface area contributed by atoms with Gasteiger partial charge in [0.1, 0.15) is 11.3 Å². The number of nitrogens with one attached hydrogen (secondary N) is 1. The summed E-state index contributed by atoms with van der Waals surface area (Å²) in [5.41, 5.74) is 6.50. The predicted octanol–water partition coefficient (Wildman–Crippen LogP) is 2.35. The lowest BCUT2D eigenvalue weighted by Crippen LogP contribution is -2.41. The van der Waals surface area contributed by atoms with Crippen LogP contribution in [0, 0.1) is 0 Å². The fourth-order valence-corrected chi connectivity index (χ4v) is 1.79. The molecule has 3 N–H and O–H groups in total. The Balaban J connectivity index is 2.13. The smallest absolute Gasteiger partial charge is 0.237 e. The van der Waals surface area contributed by atoms with E-state index in [9.17, 15) is 4.79 Å². The van der Waals surface area contributed by atoms with Crippen LogP contribution in [0.15, 0.2) is 34.7 Å². The molecule has 0 radical (unpaired) electrons. The number of nitrogens with two attached hydrogens (primary N) is 1. The molecule has 1 aromatic carbocycles. The topological polar surface area (TPSA) is 68.3 Å². The Morgan fingerprint density at radius 2 is 2.17 bits per heavy atom. The second-order valence-corrected chi connectivity index (χ2v) is 4.43. The second-order valence-electron chi connectivity index (χ2n) is 4.43. The number of hydrogen-bond donors (Lipinski definition) is 2. The Labute approximate surface area is 106 Å². The quantitative estimate of drug-likeness (QED) is 0.870. The molecule has 2 rings (SSSR count). The average Bonchev–Trinajstić information content (AvgIpc) is 2.81. The minimum absolute atomic E-state index is 0.148. The van der Waals surface area contributed by atoms with Crippen molar-refractivity contribution in [1.82, 2.24) is 5.32 Å². The Morgan fingerprint density at radius 3 is 2.83 bits per heavy atom. The summed E-state index contributed by atoms with van der Waals surface area (Å²) in [6, 6.07) is 9.07. The number of benzene rings is 1. The van der Waals surface area contributed by atoms with E-state index in [1.165, 1.54) is 0 Å². The van der Waals surface area contributed by atoms with Crippen LogP contribution in [0.5, 0.6) is 0 Å². The number of rotatable bonds is 4. The van der Waals surface area contributed by atoms with Gasteiger partial charge in [-0.2, -0.15) is 0 Å². The van der Waals surface area contributed by atoms with E-state index >= 15 is 0 Å². The lowest BCUT2D eigenvalue weighted by atomic mass is 10.2. The first kappa shape index (κ1) is 12.6. The number of para-hydroxylation sites is 1. The van der Waals surface area contributed by atoms with E-state index in [1.54, 1.807) is 0 Å². The van der Waals surface area contributed by atoms with E-state index in [-0.39, 0.29) is 11.9 Å². The highest BCUT2D eigenvalue weighted by Crippen LogP contribution is 2.23. The zero-order valence-corrected chi connectivity index (χ0v) is 10.6. The van der Waals surface area contributed by atoms with E-state index in [2.05, 4.69) is 5.32 Å². The van der Waals surface area contributed by atoms with Crippen molar-refractivity contribution in [2.45, 2.75) is 32.4 Å². The Morgan fingerprint density at radius 1 is 1.44 bits per heavy atom. The third-order valence-corrected chi connectivity index (χ3v) is 3.01. The average molecular weight is 246 g/mol. The van der Waals surface area contributed by atoms with Gasteiger partial charge in [-0.05, 0) is 25.5 Å². The van der Waals surface area contributed by atoms with E-state index in [4.69, 9.17) is 10.2 Å². The summed E-state index contributed by atoms with van der Waals surface area (Å²) < 4.78 is 5.69. The van der Waals surface area contributed by atoms with Crippen LogP contribution in [0.4, 0.5) is 0 Å². The minimum atomic E-state index is -0.461. The molecule has 0 aliphatic heterocycles. The van der Waals surface area contributed by atoms with Crippen LogP contribution in [-0.2, 0) is 4.79 Å². The highest BCUT2D eigenvalue weighted by atomic mass is 16.3. The van der Waals surface area contributed by atoms with Crippen molar-refractivity contribution >= 4 is 16.9 Å². The van der Waals surface area contributed by atoms with Gasteiger partial charge >= 0.3 is 0 Å². The summed E-state index contributed by atoms with van der Waals surface area (Å²) in [6.07, 6.45) is 0.624. The monoisotopic (exact) mass is 246 g/mol. The van der Waals surface area contributed by atoms with Crippen molar-refractivity contribution in [3.05, 3.63) is 36.1 Å². The van der Waals surface area contributed by atoms with Crippen molar-refractivity contribution in [2.75, 3.05) is 0 Å². The normalized spacial score (nSPS) is 14.4. The summed E-state index contributed by atoms with van der Waals surface area (Å²) in [6.45, 7) is 3.77. The molecule has 0 fully saturated rings. The van der Waals surface area contributed by atoms with E-state index in [0.717, 1.165) is 16.7 Å². The molecule has 96 valence electrons. The summed E-state index contributed by atoms with van der Waals surface area (Å²) in [7, 11) is 0. The van der Waals surface area contributed by atoms with Gasteiger partial charge in [0.25, 0.3) is 0 Å². The first-order valence-corrected chi connectivity index (χ1v) is 6.16. The van der Waals surface area contributed by atoms with Crippen LogP contribution in [0.25, 0.3) is 11.0 Å². The third kappa shape index (κ3) is 2.54. The van der Waals surface area contributed by atoms with Gasteiger partial charge in [0.05, 0.1) is 12.1 Å². The molecule has 2 atom stereocenters. The molecule has 4 nitrogen and oxygen atoms in total. The molecule has 2 unspecified atom stereocenters. The van der Waals surface area contributed by atoms with E-state index in [0.29, 0.717) is 6.42 Å². The molecule has 2 aromatic rings. The molecule has 1 aromatic heterocycles. The molecular formula is C14H18N2O2. The van der Waals surface area contributed by atoms with Crippen molar-refractivity contribution in [1.29, 1.82) is 0 Å². The highest BCUT2D eigenvalue weighted by molar-refractivity contribution is 5.82. The molecule has 0 aliphatic carbocycles. The summed E-state index contributed by atoms with van der Waals surface area (Å²) in [5, 5.41) is 3.89. The molecule has 0 saturated heterocycles. The van der Waals surface area contributed by atoms with E-state index < -0.39 is 6.04 Å². The van der Waals surface area contributed by atoms with Crippen molar-refractivity contribution in [2.24, 2.45) is 5.73 Å². The maximum absolute atomic E-state index is 11.7. The number of hydrogen-bond acceptors (Lipinski definition) is 3. The Bertz CT molecular complexity index is 514. The van der Waals surface area contributed by atoms with Crippen LogP contribution >= 0.6 is 0 Å². The summed E-state index contributed by atoms with van der Waals surface area (Å²) in [5.74, 6) is 0.596. The van der Waals surface area contributed by atoms with Crippen LogP contribution in [0.1, 0.15) is 32.1 Å². The van der Waals surface area contributed by atoms with Gasteiger partial charge in [-0.25, -0.2) is 0 Å². The number of fused-ring (bicyclic) bond motifs is 1. The first-order valence-electron chi connectivity index (χ1n) is 6.16. The summed E-state index contributed by atoms with van der Waals surface area (Å²) >= 11 is 0. The Hall–Kier alpha value is -1.81. The summed E-state index contributed by atoms with van der Waals surface area (Å²) in [4.78, 5) is 11.7. The van der Waals surface area contributed by atoms with Gasteiger partial charge < -0.3 is 15.5 Å². The fourth-order valence-electron chi connectivity index (χ4n) is 1.79. The van der Waals surface area contributed by atoms with Crippen LogP contribution < -0.4 is 11.1 Å². The highest BCUT2D eigenvalue weighted by Gasteiger charge is 2.17. The van der Waals surface area contributed by atoms with Crippen LogP contribution in [-0.4, -0.2) is 11.9 Å². The zero-order valence-electron chi connectivity index (χ0n) is 10.6. The van der Waals surface area contributed by atoms with Crippen molar-refractivity contribution < 1.29 is 9.21 Å². The molecule has 0 spiro atoms. The SMILES string of the molecule is CCC(N)C(=O)NC(C)c1cc2ccccc2o1. The fraction of sp³-hybridized carbons (Fsp3) is 0.357. The molecular weight excluding hydrogens is 228 g/mol. The second kappa shape index (κ2) is 5.23. The molecule has 0 aliphatic rings. The maximum Gasteiger partial charge on any atom is 0.237 e. The van der Waals surface area contributed by atoms with Gasteiger partial charge in [-0.1, -0.05) is 25.1 Å². The zero-order chi connectivity index (χ0) is 13.1. The van der Waals surface area contributed by atoms with Crippen LogP contribution in [0.2, 0.25) is 0 Å². The number of carbonyl (C=O) groups is 1. The van der Waals surface area contributed by atoms with Crippen molar-refractivity contribution in [3.8, 4) is 0 Å². The lowest BCUT2D eigenvalue weighted by Gasteiger charge is -2.14. The third-order valence-electron chi connectivity index (χ3n) is 3.01. The Kier molecular flexibility index (Phi) is 3.67. The molecule has 18 heavy (non-hydrogen) atoms. The molecule has 4 heteroatoms. The predicted molar refractivity (Wildman–Crippen MR) is 71.0 cm³/mol. The van der Waals surface area contributed by atoms with E-state index in [1.807, 2.05) is 44.2 Å². The number of carbonyl (C=O) groups excluding carboxylic acids is 1. The van der Waals surface area contributed by atoms with Gasteiger partial charge in [0.2, 0.25) is 5.91 Å². The first-order chi connectivity index (χ1) is 8.61. The minimum Gasteiger partial charge on any atom is -0.459 e. The molecule has 1 amide bonds. The largest absolute Gasteiger partial charge is 0.459 e. The lowest BCUT2D eigenvalue weighted by molar-refractivity contribution is -0.123. The van der Waals surface area contributed by atoms with Crippen molar-refractivity contribution in [3.63, 3.8) is 0 Å². The van der Waals surface area contributed by atoms with Gasteiger partial charge in [-0.3, -0.25) is 4.79 Å². The number of amides is 1. The molecule has 0 bridgehead atoms. The number of furan rings is 1. The maximum atomic E-state index is 11.7. The standard InChI is InChI=1S/C14H18N2O2/c1-3-11(15)14(17)16-9(2)13-8-10-6-4-5-7-12(10)18-13/h4-9,11H,3,15H2,1-2H3,(H,16,17).